The topological polar surface area (TPSA) is 47.9 Å². The maximum absolute atomic E-state index is 5.69. The normalized spacial score (nSPS) is 16.4. The van der Waals surface area contributed by atoms with E-state index in [2.05, 4.69) is 116 Å². The van der Waals surface area contributed by atoms with E-state index in [9.17, 15) is 0 Å². The van der Waals surface area contributed by atoms with E-state index < -0.39 is 0 Å². The molecular weight excluding hydrogens is 620 g/mol. The molecule has 258 valence electrons. The zero-order valence-electron chi connectivity index (χ0n) is 29.2. The monoisotopic (exact) mass is 668 g/mol. The molecule has 2 unspecified atom stereocenters. The van der Waals surface area contributed by atoms with Crippen molar-refractivity contribution in [1.82, 2.24) is 18.9 Å². The van der Waals surface area contributed by atoms with E-state index in [1.165, 1.54) is 60.3 Å². The molecule has 0 saturated carbocycles. The minimum atomic E-state index is 0.150. The number of likely N-dealkylation sites (tertiary alicyclic amines) is 2. The summed E-state index contributed by atoms with van der Waals surface area (Å²) in [6, 6.07) is 40.3. The van der Waals surface area contributed by atoms with Crippen molar-refractivity contribution < 1.29 is 13.9 Å². The van der Waals surface area contributed by atoms with Crippen LogP contribution >= 0.6 is 0 Å². The summed E-state index contributed by atoms with van der Waals surface area (Å²) in [6.45, 7) is 4.46. The summed E-state index contributed by atoms with van der Waals surface area (Å²) in [5.74, 6) is 2.74. The van der Waals surface area contributed by atoms with Gasteiger partial charge in [-0.3, -0.25) is 14.4 Å². The van der Waals surface area contributed by atoms with Crippen LogP contribution in [0, 0.1) is 0 Å². The number of rotatable bonds is 10. The Labute approximate surface area is 296 Å². The van der Waals surface area contributed by atoms with E-state index in [4.69, 9.17) is 13.9 Å². The van der Waals surface area contributed by atoms with Crippen molar-refractivity contribution in [1.29, 1.82) is 0 Å². The number of furan rings is 1. The van der Waals surface area contributed by atoms with Gasteiger partial charge in [0.15, 0.2) is 0 Å². The lowest BCUT2D eigenvalue weighted by molar-refractivity contribution is 0.180. The van der Waals surface area contributed by atoms with Gasteiger partial charge in [-0.1, -0.05) is 61.0 Å². The number of hydrogen-bond acceptors (Lipinski definition) is 5. The summed E-state index contributed by atoms with van der Waals surface area (Å²) >= 11 is 0. The van der Waals surface area contributed by atoms with Crippen molar-refractivity contribution in [2.24, 2.45) is 0 Å². The fraction of sp³-hybridized carbons (Fsp3) is 0.302. The molecule has 2 saturated heterocycles. The van der Waals surface area contributed by atoms with Gasteiger partial charge in [-0.2, -0.15) is 0 Å². The van der Waals surface area contributed by atoms with E-state index in [1.807, 2.05) is 30.3 Å². The molecule has 0 bridgehead atoms. The van der Waals surface area contributed by atoms with Gasteiger partial charge in [0.05, 0.1) is 32.6 Å². The molecule has 50 heavy (non-hydrogen) atoms. The first-order valence-electron chi connectivity index (χ1n) is 17.9. The SMILES string of the molecule is COc1ccccc1C(c1cccn1-c1ccccc1)N1CCCC1.COc1ccccc1C(c1cccn1-c1ccco1)N1CCCCC1. The Morgan fingerprint density at radius 2 is 1.00 bits per heavy atom. The highest BCUT2D eigenvalue weighted by atomic mass is 16.5. The van der Waals surface area contributed by atoms with Crippen molar-refractivity contribution in [3.63, 3.8) is 0 Å². The molecule has 0 amide bonds. The molecule has 6 aromatic rings. The van der Waals surface area contributed by atoms with Gasteiger partial charge in [0.1, 0.15) is 11.5 Å². The molecule has 8 rings (SSSR count). The third kappa shape index (κ3) is 7.16. The maximum Gasteiger partial charge on any atom is 0.203 e. The Hall–Kier alpha value is -4.98. The van der Waals surface area contributed by atoms with E-state index in [1.54, 1.807) is 20.5 Å². The van der Waals surface area contributed by atoms with E-state index in [-0.39, 0.29) is 12.1 Å². The predicted molar refractivity (Wildman–Crippen MR) is 200 cm³/mol. The highest BCUT2D eigenvalue weighted by Crippen LogP contribution is 2.39. The molecule has 2 atom stereocenters. The van der Waals surface area contributed by atoms with Crippen LogP contribution in [0.25, 0.3) is 11.6 Å². The van der Waals surface area contributed by atoms with Crippen molar-refractivity contribution in [2.75, 3.05) is 40.4 Å². The lowest BCUT2D eigenvalue weighted by Gasteiger charge is -2.35. The molecule has 3 aromatic heterocycles. The molecule has 0 radical (unpaired) electrons. The van der Waals surface area contributed by atoms with E-state index in [0.29, 0.717) is 0 Å². The van der Waals surface area contributed by atoms with Crippen LogP contribution in [0.15, 0.2) is 138 Å². The molecule has 0 spiro atoms. The number of benzene rings is 3. The third-order valence-electron chi connectivity index (χ3n) is 10.0. The summed E-state index contributed by atoms with van der Waals surface area (Å²) in [7, 11) is 3.51. The summed E-state index contributed by atoms with van der Waals surface area (Å²) in [4.78, 5) is 5.14. The molecule has 2 fully saturated rings. The molecular formula is C43H48N4O3. The molecule has 7 nitrogen and oxygen atoms in total. The predicted octanol–water partition coefficient (Wildman–Crippen LogP) is 9.33. The van der Waals surface area contributed by atoms with Crippen LogP contribution in [0.5, 0.6) is 11.5 Å². The zero-order chi connectivity index (χ0) is 34.1. The smallest absolute Gasteiger partial charge is 0.203 e. The molecule has 2 aliphatic rings. The minimum absolute atomic E-state index is 0.150. The van der Waals surface area contributed by atoms with Crippen LogP contribution < -0.4 is 9.47 Å². The van der Waals surface area contributed by atoms with E-state index >= 15 is 0 Å². The highest BCUT2D eigenvalue weighted by molar-refractivity contribution is 5.44. The number of nitrogens with zero attached hydrogens (tertiary/aromatic N) is 4. The molecule has 7 heteroatoms. The van der Waals surface area contributed by atoms with Gasteiger partial charge in [0, 0.05) is 46.7 Å². The van der Waals surface area contributed by atoms with Crippen molar-refractivity contribution in [3.05, 3.63) is 156 Å². The summed E-state index contributed by atoms with van der Waals surface area (Å²) in [5.41, 5.74) is 6.14. The Bertz CT molecular complexity index is 1900. The molecule has 5 heterocycles. The van der Waals surface area contributed by atoms with Crippen LogP contribution in [0.3, 0.4) is 0 Å². The summed E-state index contributed by atoms with van der Waals surface area (Å²) < 4.78 is 21.5. The number of methoxy groups -OCH3 is 2. The first kappa shape index (κ1) is 33.5. The second kappa shape index (κ2) is 16.2. The van der Waals surface area contributed by atoms with Crippen molar-refractivity contribution in [2.45, 2.75) is 44.2 Å². The molecule has 0 N–H and O–H groups in total. The van der Waals surface area contributed by atoms with Gasteiger partial charge < -0.3 is 18.5 Å². The van der Waals surface area contributed by atoms with Crippen LogP contribution in [0.1, 0.15) is 66.7 Å². The molecule has 2 aliphatic heterocycles. The number of ether oxygens (including phenoxy) is 2. The number of piperidine rings is 1. The minimum Gasteiger partial charge on any atom is -0.496 e. The van der Waals surface area contributed by atoms with E-state index in [0.717, 1.165) is 43.6 Å². The lowest BCUT2D eigenvalue weighted by atomic mass is 9.98. The third-order valence-corrected chi connectivity index (χ3v) is 10.0. The quantitative estimate of drug-likeness (QED) is 0.146. The van der Waals surface area contributed by atoms with Crippen LogP contribution in [-0.4, -0.2) is 59.3 Å². The second-order valence-electron chi connectivity index (χ2n) is 13.0. The van der Waals surface area contributed by atoms with Crippen LogP contribution in [0.2, 0.25) is 0 Å². The van der Waals surface area contributed by atoms with Gasteiger partial charge in [-0.15, -0.1) is 0 Å². The van der Waals surface area contributed by atoms with Gasteiger partial charge >= 0.3 is 0 Å². The van der Waals surface area contributed by atoms with Crippen molar-refractivity contribution >= 4 is 0 Å². The lowest BCUT2D eigenvalue weighted by Crippen LogP contribution is -2.35. The van der Waals surface area contributed by atoms with Gasteiger partial charge in [-0.05, 0) is 106 Å². The van der Waals surface area contributed by atoms with Gasteiger partial charge in [0.25, 0.3) is 0 Å². The Balaban J connectivity index is 0.000000157. The average molecular weight is 669 g/mol. The highest BCUT2D eigenvalue weighted by Gasteiger charge is 2.31. The summed E-state index contributed by atoms with van der Waals surface area (Å²) in [6.07, 6.45) is 12.3. The fourth-order valence-corrected chi connectivity index (χ4v) is 7.71. The Morgan fingerprint density at radius 1 is 0.500 bits per heavy atom. The fourth-order valence-electron chi connectivity index (χ4n) is 7.71. The second-order valence-corrected chi connectivity index (χ2v) is 13.0. The number of aromatic nitrogens is 2. The maximum atomic E-state index is 5.69. The van der Waals surface area contributed by atoms with Crippen LogP contribution in [-0.2, 0) is 0 Å². The standard InChI is InChI=1S/C22H24N2O.C21H24N2O2/c1-25-21-14-6-5-12-19(21)22(23-15-7-8-16-23)20-13-9-17-24(20)18-10-3-2-4-11-18;1-24-19-11-4-3-9-17(19)21(22-13-5-2-6-14-22)18-10-7-15-23(18)20-12-8-16-25-20/h2-6,9-14,17,22H,7-8,15-16H2,1H3;3-4,7-12,15-16,21H,2,5-6,13-14H2,1H3. The zero-order valence-corrected chi connectivity index (χ0v) is 29.2. The van der Waals surface area contributed by atoms with Crippen molar-refractivity contribution in [3.8, 4) is 23.1 Å². The first-order chi connectivity index (χ1) is 24.8. The molecule has 0 aliphatic carbocycles. The first-order valence-corrected chi connectivity index (χ1v) is 17.9. The average Bonchev–Trinajstić information content (AvgIpc) is 4.03. The number of hydrogen-bond donors (Lipinski definition) is 0. The van der Waals surface area contributed by atoms with Gasteiger partial charge in [-0.25, -0.2) is 0 Å². The Morgan fingerprint density at radius 3 is 1.54 bits per heavy atom. The Kier molecular flexibility index (Phi) is 10.8. The molecule has 3 aromatic carbocycles. The number of para-hydroxylation sites is 3. The summed E-state index contributed by atoms with van der Waals surface area (Å²) in [5, 5.41) is 0. The largest absolute Gasteiger partial charge is 0.496 e. The van der Waals surface area contributed by atoms with Gasteiger partial charge in [0.2, 0.25) is 5.88 Å². The van der Waals surface area contributed by atoms with Crippen LogP contribution in [0.4, 0.5) is 0 Å².